The molecule has 0 aliphatic heterocycles. The Labute approximate surface area is 239 Å². The second kappa shape index (κ2) is 12.2. The monoisotopic (exact) mass is 546 g/mol. The van der Waals surface area contributed by atoms with Gasteiger partial charge in [-0.1, -0.05) is 79.9 Å². The summed E-state index contributed by atoms with van der Waals surface area (Å²) in [6.07, 6.45) is 7.58. The third-order valence-corrected chi connectivity index (χ3v) is 7.54. The molecule has 2 aromatic heterocycles. The summed E-state index contributed by atoms with van der Waals surface area (Å²) in [4.78, 5) is 17.0. The second-order valence-corrected chi connectivity index (χ2v) is 10.5. The van der Waals surface area contributed by atoms with Crippen LogP contribution in [0.2, 0.25) is 0 Å². The number of nitrogens with zero attached hydrogens (tertiary/aromatic N) is 2. The van der Waals surface area contributed by atoms with Crippen molar-refractivity contribution in [3.63, 3.8) is 0 Å². The van der Waals surface area contributed by atoms with Crippen LogP contribution in [-0.2, 0) is 13.2 Å². The number of carbonyl (C=O) groups excluding carboxylic acids is 1. The number of carbonyl (C=O) groups is 1. The maximum Gasteiger partial charge on any atom is 0.250 e. The van der Waals surface area contributed by atoms with Crippen LogP contribution in [0.4, 0.5) is 5.82 Å². The van der Waals surface area contributed by atoms with Crippen molar-refractivity contribution < 1.29 is 14.3 Å². The average Bonchev–Trinajstić information content (AvgIpc) is 3.37. The van der Waals surface area contributed by atoms with Crippen molar-refractivity contribution in [1.82, 2.24) is 9.38 Å². The Bertz CT molecular complexity index is 1630. The van der Waals surface area contributed by atoms with E-state index in [2.05, 4.69) is 5.32 Å². The van der Waals surface area contributed by atoms with E-state index in [-0.39, 0.29) is 0 Å². The van der Waals surface area contributed by atoms with Crippen LogP contribution in [0.1, 0.15) is 53.6 Å². The molecule has 7 heteroatoms. The molecule has 2 heterocycles. The second-order valence-electron chi connectivity index (χ2n) is 10.5. The standard InChI is InChI=1S/C34H34N4O3/c35-33(39)26-16-19-31-37-32(34(38(31)21-26)36-27-14-8-3-9-15-27)29-18-17-28(40-22-24-10-4-1-5-11-24)20-30(29)41-23-25-12-6-2-7-13-25/h1-2,4-7,10-13,16-21,27,36H,3,8-9,14-15,22-23H2,(H2,35,39). The van der Waals surface area contributed by atoms with E-state index in [0.717, 1.165) is 46.7 Å². The number of fused-ring (bicyclic) bond motifs is 1. The summed E-state index contributed by atoms with van der Waals surface area (Å²) < 4.78 is 14.5. The largest absolute Gasteiger partial charge is 0.489 e. The molecule has 0 unspecified atom stereocenters. The minimum Gasteiger partial charge on any atom is -0.489 e. The van der Waals surface area contributed by atoms with Gasteiger partial charge in [-0.15, -0.1) is 0 Å². The predicted molar refractivity (Wildman–Crippen MR) is 161 cm³/mol. The van der Waals surface area contributed by atoms with Crippen molar-refractivity contribution in [3.05, 3.63) is 114 Å². The van der Waals surface area contributed by atoms with Gasteiger partial charge in [0.05, 0.1) is 5.56 Å². The van der Waals surface area contributed by atoms with Gasteiger partial charge in [0.15, 0.2) is 0 Å². The first-order chi connectivity index (χ1) is 20.1. The number of rotatable bonds is 10. The zero-order valence-electron chi connectivity index (χ0n) is 23.0. The van der Waals surface area contributed by atoms with Gasteiger partial charge in [-0.25, -0.2) is 4.98 Å². The highest BCUT2D eigenvalue weighted by molar-refractivity contribution is 5.93. The van der Waals surface area contributed by atoms with Gasteiger partial charge in [0.25, 0.3) is 0 Å². The number of hydrogen-bond acceptors (Lipinski definition) is 5. The van der Waals surface area contributed by atoms with Gasteiger partial charge in [-0.05, 0) is 48.2 Å². The summed E-state index contributed by atoms with van der Waals surface area (Å²) in [6.45, 7) is 0.859. The summed E-state index contributed by atoms with van der Waals surface area (Å²) in [6, 6.07) is 29.9. The van der Waals surface area contributed by atoms with E-state index in [1.54, 1.807) is 12.3 Å². The molecule has 1 amide bonds. The minimum atomic E-state index is -0.474. The maximum absolute atomic E-state index is 12.0. The number of amides is 1. The predicted octanol–water partition coefficient (Wildman–Crippen LogP) is 7.00. The molecule has 41 heavy (non-hydrogen) atoms. The molecule has 1 saturated carbocycles. The molecular weight excluding hydrogens is 512 g/mol. The molecule has 0 atom stereocenters. The molecule has 0 bridgehead atoms. The molecular formula is C34H34N4O3. The first-order valence-electron chi connectivity index (χ1n) is 14.2. The number of pyridine rings is 1. The fourth-order valence-electron chi connectivity index (χ4n) is 5.34. The Morgan fingerprint density at radius 2 is 1.54 bits per heavy atom. The Kier molecular flexibility index (Phi) is 7.85. The van der Waals surface area contributed by atoms with Crippen molar-refractivity contribution >= 4 is 17.4 Å². The number of benzene rings is 3. The molecule has 5 aromatic rings. The van der Waals surface area contributed by atoms with Crippen molar-refractivity contribution in [2.75, 3.05) is 5.32 Å². The first kappa shape index (κ1) is 26.4. The van der Waals surface area contributed by atoms with E-state index in [1.165, 1.54) is 19.3 Å². The minimum absolute atomic E-state index is 0.321. The zero-order chi connectivity index (χ0) is 28.0. The molecule has 3 N–H and O–H groups in total. The number of aromatic nitrogens is 2. The van der Waals surface area contributed by atoms with Crippen LogP contribution in [-0.4, -0.2) is 21.3 Å². The number of primary amides is 1. The molecule has 0 radical (unpaired) electrons. The van der Waals surface area contributed by atoms with Crippen molar-refractivity contribution in [2.24, 2.45) is 5.73 Å². The topological polar surface area (TPSA) is 90.9 Å². The Hall–Kier alpha value is -4.78. The summed E-state index contributed by atoms with van der Waals surface area (Å²) >= 11 is 0. The summed E-state index contributed by atoms with van der Waals surface area (Å²) in [5.41, 5.74) is 10.5. The highest BCUT2D eigenvalue weighted by atomic mass is 16.5. The first-order valence-corrected chi connectivity index (χ1v) is 14.2. The van der Waals surface area contributed by atoms with E-state index < -0.39 is 5.91 Å². The van der Waals surface area contributed by atoms with Gasteiger partial charge in [0.1, 0.15) is 41.9 Å². The molecule has 1 fully saturated rings. The molecule has 7 nitrogen and oxygen atoms in total. The lowest BCUT2D eigenvalue weighted by molar-refractivity contribution is 0.1000. The van der Waals surface area contributed by atoms with E-state index in [9.17, 15) is 4.79 Å². The van der Waals surface area contributed by atoms with E-state index >= 15 is 0 Å². The maximum atomic E-state index is 12.0. The lowest BCUT2D eigenvalue weighted by Crippen LogP contribution is -2.23. The quantitative estimate of drug-likeness (QED) is 0.197. The van der Waals surface area contributed by atoms with Crippen molar-refractivity contribution in [3.8, 4) is 22.8 Å². The molecule has 0 saturated heterocycles. The van der Waals surface area contributed by atoms with Crippen LogP contribution in [0.5, 0.6) is 11.5 Å². The molecule has 1 aliphatic carbocycles. The number of anilines is 1. The van der Waals surface area contributed by atoms with Gasteiger partial charge in [0, 0.05) is 23.9 Å². The summed E-state index contributed by atoms with van der Waals surface area (Å²) in [7, 11) is 0. The van der Waals surface area contributed by atoms with E-state index in [0.29, 0.717) is 36.3 Å². The molecule has 208 valence electrons. The molecule has 1 aliphatic rings. The Morgan fingerprint density at radius 1 is 0.854 bits per heavy atom. The van der Waals surface area contributed by atoms with Crippen LogP contribution in [0.25, 0.3) is 16.9 Å². The lowest BCUT2D eigenvalue weighted by Gasteiger charge is -2.24. The van der Waals surface area contributed by atoms with Gasteiger partial charge >= 0.3 is 0 Å². The number of hydrogen-bond donors (Lipinski definition) is 2. The zero-order valence-corrected chi connectivity index (χ0v) is 23.0. The van der Waals surface area contributed by atoms with E-state index in [1.807, 2.05) is 89.3 Å². The normalized spacial score (nSPS) is 13.7. The lowest BCUT2D eigenvalue weighted by atomic mass is 9.95. The Balaban J connectivity index is 1.40. The number of nitrogens with one attached hydrogen (secondary N) is 1. The molecule has 0 spiro atoms. The van der Waals surface area contributed by atoms with Crippen molar-refractivity contribution in [2.45, 2.75) is 51.4 Å². The van der Waals surface area contributed by atoms with Gasteiger partial charge in [-0.3, -0.25) is 9.20 Å². The van der Waals surface area contributed by atoms with Gasteiger partial charge in [-0.2, -0.15) is 0 Å². The Morgan fingerprint density at radius 3 is 2.22 bits per heavy atom. The summed E-state index contributed by atoms with van der Waals surface area (Å²) in [5, 5.41) is 3.76. The summed E-state index contributed by atoms with van der Waals surface area (Å²) in [5.74, 6) is 1.74. The fraction of sp³-hybridized carbons (Fsp3) is 0.235. The SMILES string of the molecule is NC(=O)c1ccc2nc(-c3ccc(OCc4ccccc4)cc3OCc3ccccc3)c(NC3CCCCC3)n2c1. The fourth-order valence-corrected chi connectivity index (χ4v) is 5.34. The number of nitrogens with two attached hydrogens (primary N) is 1. The number of ether oxygens (including phenoxy) is 2. The van der Waals surface area contributed by atoms with Gasteiger partial charge in [0.2, 0.25) is 5.91 Å². The highest BCUT2D eigenvalue weighted by Crippen LogP contribution is 2.39. The van der Waals surface area contributed by atoms with Crippen LogP contribution < -0.4 is 20.5 Å². The smallest absolute Gasteiger partial charge is 0.250 e. The third-order valence-electron chi connectivity index (χ3n) is 7.54. The van der Waals surface area contributed by atoms with E-state index in [4.69, 9.17) is 20.2 Å². The number of imidazole rings is 1. The molecule has 6 rings (SSSR count). The van der Waals surface area contributed by atoms with Crippen LogP contribution in [0.15, 0.2) is 97.2 Å². The molecule has 3 aromatic carbocycles. The van der Waals surface area contributed by atoms with Crippen LogP contribution in [0, 0.1) is 0 Å². The average molecular weight is 547 g/mol. The highest BCUT2D eigenvalue weighted by Gasteiger charge is 2.23. The third kappa shape index (κ3) is 6.19. The van der Waals surface area contributed by atoms with Crippen LogP contribution >= 0.6 is 0 Å². The van der Waals surface area contributed by atoms with Crippen molar-refractivity contribution in [1.29, 1.82) is 0 Å². The van der Waals surface area contributed by atoms with Gasteiger partial charge < -0.3 is 20.5 Å². The van der Waals surface area contributed by atoms with Crippen LogP contribution in [0.3, 0.4) is 0 Å².